The molecule has 4 heteroatoms. The molecule has 1 rings (SSSR count). The average molecular weight is 247 g/mol. The van der Waals surface area contributed by atoms with Crippen molar-refractivity contribution >= 4 is 23.2 Å². The molecule has 1 aromatic carbocycles. The summed E-state index contributed by atoms with van der Waals surface area (Å²) in [6.07, 6.45) is 2.94. The van der Waals surface area contributed by atoms with Gasteiger partial charge < -0.3 is 11.5 Å². The summed E-state index contributed by atoms with van der Waals surface area (Å²) in [6, 6.07) is 5.42. The van der Waals surface area contributed by atoms with Gasteiger partial charge in [-0.05, 0) is 43.1 Å². The summed E-state index contributed by atoms with van der Waals surface area (Å²) in [6.45, 7) is 0.711. The van der Waals surface area contributed by atoms with Gasteiger partial charge in [0.05, 0.1) is 0 Å². The van der Waals surface area contributed by atoms with Gasteiger partial charge in [0.1, 0.15) is 0 Å². The minimum atomic E-state index is -0.00671. The minimum Gasteiger partial charge on any atom is -0.330 e. The molecule has 84 valence electrons. The third-order valence-corrected chi connectivity index (χ3v) is 2.72. The highest BCUT2D eigenvalue weighted by Crippen LogP contribution is 2.24. The fourth-order valence-corrected chi connectivity index (χ4v) is 2.01. The summed E-state index contributed by atoms with van der Waals surface area (Å²) in [5.74, 6) is 0. The van der Waals surface area contributed by atoms with Gasteiger partial charge in [-0.25, -0.2) is 0 Å². The van der Waals surface area contributed by atoms with Crippen LogP contribution in [0.5, 0.6) is 0 Å². The number of benzene rings is 1. The van der Waals surface area contributed by atoms with Gasteiger partial charge >= 0.3 is 0 Å². The molecule has 4 N–H and O–H groups in total. The molecule has 0 radical (unpaired) electrons. The lowest BCUT2D eigenvalue weighted by atomic mass is 10.0. The third-order valence-electron chi connectivity index (χ3n) is 2.28. The normalized spacial score (nSPS) is 12.8. The van der Waals surface area contributed by atoms with Crippen LogP contribution in [0.3, 0.4) is 0 Å². The largest absolute Gasteiger partial charge is 0.330 e. The summed E-state index contributed by atoms with van der Waals surface area (Å²) in [4.78, 5) is 0. The van der Waals surface area contributed by atoms with Crippen LogP contribution in [0.15, 0.2) is 18.2 Å². The molecule has 0 unspecified atom stereocenters. The Bertz CT molecular complexity index is 295. The number of hydrogen-bond donors (Lipinski definition) is 2. The van der Waals surface area contributed by atoms with Crippen molar-refractivity contribution in [2.45, 2.75) is 25.3 Å². The van der Waals surface area contributed by atoms with Gasteiger partial charge in [0.15, 0.2) is 0 Å². The van der Waals surface area contributed by atoms with Gasteiger partial charge in [0.25, 0.3) is 0 Å². The molecule has 0 spiro atoms. The van der Waals surface area contributed by atoms with E-state index in [9.17, 15) is 0 Å². The Morgan fingerprint density at radius 3 is 2.20 bits per heavy atom. The monoisotopic (exact) mass is 246 g/mol. The Morgan fingerprint density at radius 1 is 1.07 bits per heavy atom. The molecule has 2 nitrogen and oxygen atoms in total. The molecule has 0 fully saturated rings. The van der Waals surface area contributed by atoms with Crippen molar-refractivity contribution in [1.82, 2.24) is 0 Å². The van der Waals surface area contributed by atoms with E-state index in [2.05, 4.69) is 0 Å². The zero-order valence-electron chi connectivity index (χ0n) is 8.55. The lowest BCUT2D eigenvalue weighted by Crippen LogP contribution is -2.11. The third kappa shape index (κ3) is 4.39. The molecular formula is C11H16Cl2N2. The molecule has 1 atom stereocenters. The van der Waals surface area contributed by atoms with E-state index in [1.807, 2.05) is 12.1 Å². The first-order valence-corrected chi connectivity index (χ1v) is 5.80. The standard InChI is InChI=1S/C11H16Cl2N2/c12-9-5-8(6-10(13)7-9)11(15)3-1-2-4-14/h5-7,11H,1-4,14-15H2/t11-/m1/s1. The van der Waals surface area contributed by atoms with E-state index in [1.54, 1.807) is 6.07 Å². The predicted octanol–water partition coefficient (Wildman–Crippen LogP) is 3.12. The van der Waals surface area contributed by atoms with Crippen LogP contribution in [0, 0.1) is 0 Å². The second-order valence-corrected chi connectivity index (χ2v) is 4.47. The molecule has 0 amide bonds. The maximum Gasteiger partial charge on any atom is 0.0424 e. The number of hydrogen-bond acceptors (Lipinski definition) is 2. The van der Waals surface area contributed by atoms with E-state index in [1.165, 1.54) is 0 Å². The van der Waals surface area contributed by atoms with Crippen LogP contribution >= 0.6 is 23.2 Å². The van der Waals surface area contributed by atoms with Gasteiger partial charge in [-0.3, -0.25) is 0 Å². The molecular weight excluding hydrogens is 231 g/mol. The highest BCUT2D eigenvalue weighted by atomic mass is 35.5. The Labute approximate surface area is 101 Å². The Kier molecular flexibility index (Phi) is 5.40. The molecule has 0 aromatic heterocycles. The quantitative estimate of drug-likeness (QED) is 0.785. The number of nitrogens with two attached hydrogens (primary N) is 2. The molecule has 0 aliphatic carbocycles. The van der Waals surface area contributed by atoms with Crippen LogP contribution in [0.25, 0.3) is 0 Å². The molecule has 0 aliphatic rings. The van der Waals surface area contributed by atoms with Crippen molar-refractivity contribution in [3.8, 4) is 0 Å². The fourth-order valence-electron chi connectivity index (χ4n) is 1.46. The second-order valence-electron chi connectivity index (χ2n) is 3.59. The first kappa shape index (κ1) is 12.8. The predicted molar refractivity (Wildman–Crippen MR) is 66.3 cm³/mol. The van der Waals surface area contributed by atoms with Crippen LogP contribution in [-0.4, -0.2) is 6.54 Å². The van der Waals surface area contributed by atoms with Crippen LogP contribution in [0.2, 0.25) is 10.0 Å². The van der Waals surface area contributed by atoms with Crippen LogP contribution < -0.4 is 11.5 Å². The number of unbranched alkanes of at least 4 members (excludes halogenated alkanes) is 1. The van der Waals surface area contributed by atoms with Gasteiger partial charge in [-0.1, -0.05) is 29.6 Å². The smallest absolute Gasteiger partial charge is 0.0424 e. The van der Waals surface area contributed by atoms with E-state index in [-0.39, 0.29) is 6.04 Å². The van der Waals surface area contributed by atoms with Crippen molar-refractivity contribution < 1.29 is 0 Å². The lowest BCUT2D eigenvalue weighted by molar-refractivity contribution is 0.591. The van der Waals surface area contributed by atoms with Crippen LogP contribution in [0.4, 0.5) is 0 Å². The van der Waals surface area contributed by atoms with E-state index in [0.29, 0.717) is 16.6 Å². The number of halogens is 2. The maximum absolute atomic E-state index is 6.02. The Balaban J connectivity index is 2.60. The topological polar surface area (TPSA) is 52.0 Å². The molecule has 0 saturated carbocycles. The average Bonchev–Trinajstić information content (AvgIpc) is 2.16. The first-order chi connectivity index (χ1) is 7.13. The van der Waals surface area contributed by atoms with Crippen molar-refractivity contribution in [3.05, 3.63) is 33.8 Å². The molecule has 0 aliphatic heterocycles. The van der Waals surface area contributed by atoms with Gasteiger partial charge in [0.2, 0.25) is 0 Å². The van der Waals surface area contributed by atoms with Gasteiger partial charge in [0, 0.05) is 16.1 Å². The summed E-state index contributed by atoms with van der Waals surface area (Å²) in [5.41, 5.74) is 12.4. The number of rotatable bonds is 5. The van der Waals surface area contributed by atoms with E-state index < -0.39 is 0 Å². The summed E-state index contributed by atoms with van der Waals surface area (Å²) >= 11 is 11.8. The highest BCUT2D eigenvalue weighted by molar-refractivity contribution is 6.34. The van der Waals surface area contributed by atoms with Crippen molar-refractivity contribution in [2.75, 3.05) is 6.54 Å². The van der Waals surface area contributed by atoms with Crippen LogP contribution in [-0.2, 0) is 0 Å². The van der Waals surface area contributed by atoms with Crippen molar-refractivity contribution in [3.63, 3.8) is 0 Å². The van der Waals surface area contributed by atoms with E-state index in [0.717, 1.165) is 24.8 Å². The molecule has 0 bridgehead atoms. The van der Waals surface area contributed by atoms with Gasteiger partial charge in [-0.2, -0.15) is 0 Å². The first-order valence-electron chi connectivity index (χ1n) is 5.05. The fraction of sp³-hybridized carbons (Fsp3) is 0.455. The summed E-state index contributed by atoms with van der Waals surface area (Å²) < 4.78 is 0. The zero-order valence-corrected chi connectivity index (χ0v) is 10.1. The van der Waals surface area contributed by atoms with Crippen molar-refractivity contribution in [1.29, 1.82) is 0 Å². The second kappa shape index (κ2) is 6.33. The Morgan fingerprint density at radius 2 is 1.67 bits per heavy atom. The summed E-state index contributed by atoms with van der Waals surface area (Å²) in [5, 5.41) is 1.26. The zero-order chi connectivity index (χ0) is 11.3. The van der Waals surface area contributed by atoms with Gasteiger partial charge in [-0.15, -0.1) is 0 Å². The SMILES string of the molecule is NCCCC[C@@H](N)c1cc(Cl)cc(Cl)c1. The highest BCUT2D eigenvalue weighted by Gasteiger charge is 2.07. The minimum absolute atomic E-state index is 0.00671. The lowest BCUT2D eigenvalue weighted by Gasteiger charge is -2.12. The van der Waals surface area contributed by atoms with E-state index in [4.69, 9.17) is 34.7 Å². The molecule has 0 saturated heterocycles. The maximum atomic E-state index is 6.02. The van der Waals surface area contributed by atoms with E-state index >= 15 is 0 Å². The molecule has 0 heterocycles. The van der Waals surface area contributed by atoms with Crippen molar-refractivity contribution in [2.24, 2.45) is 11.5 Å². The van der Waals surface area contributed by atoms with Crippen LogP contribution in [0.1, 0.15) is 30.9 Å². The Hall–Kier alpha value is -0.280. The molecule has 15 heavy (non-hydrogen) atoms. The molecule has 1 aromatic rings. The summed E-state index contributed by atoms with van der Waals surface area (Å²) in [7, 11) is 0.